The van der Waals surface area contributed by atoms with E-state index in [1.165, 1.54) is 23.1 Å². The molecule has 0 aromatic heterocycles. The maximum atomic E-state index is 12.5. The molecule has 0 aliphatic carbocycles. The highest BCUT2D eigenvalue weighted by molar-refractivity contribution is 5.98. The minimum Gasteiger partial charge on any atom is -0.353 e. The van der Waals surface area contributed by atoms with Crippen molar-refractivity contribution in [3.8, 4) is 0 Å². The second-order valence-electron chi connectivity index (χ2n) is 4.97. The number of nitro groups is 1. The van der Waals surface area contributed by atoms with Crippen LogP contribution >= 0.6 is 0 Å². The van der Waals surface area contributed by atoms with Crippen molar-refractivity contribution in [1.29, 1.82) is 0 Å². The number of benzene rings is 1. The monoisotopic (exact) mass is 291 g/mol. The van der Waals surface area contributed by atoms with E-state index in [1.54, 1.807) is 6.92 Å². The summed E-state index contributed by atoms with van der Waals surface area (Å²) in [7, 11) is 0. The van der Waals surface area contributed by atoms with E-state index in [9.17, 15) is 19.7 Å². The molecule has 0 saturated carbocycles. The van der Waals surface area contributed by atoms with Gasteiger partial charge >= 0.3 is 0 Å². The molecular formula is C14H17N3O4. The van der Waals surface area contributed by atoms with Gasteiger partial charge in [-0.1, -0.05) is 6.92 Å². The number of aryl methyl sites for hydroxylation is 1. The molecule has 1 atom stereocenters. The summed E-state index contributed by atoms with van der Waals surface area (Å²) in [5.41, 5.74) is 0.779. The predicted molar refractivity (Wildman–Crippen MR) is 76.0 cm³/mol. The molecule has 21 heavy (non-hydrogen) atoms. The topological polar surface area (TPSA) is 92.6 Å². The van der Waals surface area contributed by atoms with Crippen molar-refractivity contribution >= 4 is 17.5 Å². The van der Waals surface area contributed by atoms with Crippen molar-refractivity contribution in [2.24, 2.45) is 0 Å². The molecule has 1 aliphatic heterocycles. The number of rotatable bonds is 3. The number of carbonyl (C=O) groups excluding carboxylic acids is 2. The van der Waals surface area contributed by atoms with Gasteiger partial charge in [0.25, 0.3) is 11.6 Å². The van der Waals surface area contributed by atoms with Gasteiger partial charge in [0.1, 0.15) is 6.04 Å². The lowest BCUT2D eigenvalue weighted by atomic mass is 10.1. The molecule has 0 bridgehead atoms. The Balaban J connectivity index is 2.29. The van der Waals surface area contributed by atoms with Gasteiger partial charge in [0.2, 0.25) is 5.91 Å². The van der Waals surface area contributed by atoms with Crippen LogP contribution in [0.2, 0.25) is 0 Å². The summed E-state index contributed by atoms with van der Waals surface area (Å²) in [6.45, 7) is 4.30. The Hall–Kier alpha value is -2.44. The molecular weight excluding hydrogens is 274 g/mol. The summed E-state index contributed by atoms with van der Waals surface area (Å²) < 4.78 is 0. The first-order valence-corrected chi connectivity index (χ1v) is 6.79. The zero-order valence-corrected chi connectivity index (χ0v) is 12.0. The first kappa shape index (κ1) is 15.0. The Morgan fingerprint density at radius 2 is 2.24 bits per heavy atom. The molecule has 1 saturated heterocycles. The van der Waals surface area contributed by atoms with Crippen LogP contribution in [0.1, 0.15) is 29.3 Å². The molecule has 1 aromatic carbocycles. The van der Waals surface area contributed by atoms with Crippen LogP contribution < -0.4 is 5.32 Å². The third-order valence-corrected chi connectivity index (χ3v) is 3.62. The third kappa shape index (κ3) is 2.86. The highest BCUT2D eigenvalue weighted by atomic mass is 16.6. The number of nitrogens with one attached hydrogen (secondary N) is 1. The largest absolute Gasteiger partial charge is 0.353 e. The summed E-state index contributed by atoms with van der Waals surface area (Å²) in [5, 5.41) is 13.5. The average Bonchev–Trinajstić information content (AvgIpc) is 2.45. The van der Waals surface area contributed by atoms with Crippen LogP contribution in [0.25, 0.3) is 0 Å². The van der Waals surface area contributed by atoms with Crippen LogP contribution in [0.5, 0.6) is 0 Å². The van der Waals surface area contributed by atoms with Gasteiger partial charge in [-0.05, 0) is 25.5 Å². The summed E-state index contributed by atoms with van der Waals surface area (Å²) in [6, 6.07) is 3.78. The number of nitrogens with zero attached hydrogens (tertiary/aromatic N) is 2. The van der Waals surface area contributed by atoms with Gasteiger partial charge in [-0.3, -0.25) is 19.7 Å². The van der Waals surface area contributed by atoms with Gasteiger partial charge in [0.15, 0.2) is 0 Å². The fourth-order valence-electron chi connectivity index (χ4n) is 2.52. The van der Waals surface area contributed by atoms with E-state index >= 15 is 0 Å². The van der Waals surface area contributed by atoms with Crippen molar-refractivity contribution < 1.29 is 14.5 Å². The molecule has 1 aliphatic rings. The highest BCUT2D eigenvalue weighted by Gasteiger charge is 2.32. The van der Waals surface area contributed by atoms with Crippen LogP contribution in [0.15, 0.2) is 18.2 Å². The Labute approximate surface area is 122 Å². The molecule has 1 unspecified atom stereocenters. The van der Waals surface area contributed by atoms with E-state index in [0.29, 0.717) is 30.6 Å². The molecule has 1 heterocycles. The van der Waals surface area contributed by atoms with Gasteiger partial charge in [0, 0.05) is 30.3 Å². The molecule has 1 aromatic rings. The van der Waals surface area contributed by atoms with Crippen molar-refractivity contribution in [3.05, 3.63) is 39.4 Å². The molecule has 7 nitrogen and oxygen atoms in total. The Kier molecular flexibility index (Phi) is 4.21. The average molecular weight is 291 g/mol. The first-order valence-electron chi connectivity index (χ1n) is 6.79. The van der Waals surface area contributed by atoms with E-state index in [4.69, 9.17) is 0 Å². The van der Waals surface area contributed by atoms with Crippen LogP contribution in [0, 0.1) is 17.0 Å². The SMILES string of the molecule is CCC1C(=O)NCCN1C(=O)c1ccc([N+](=O)[O-])c(C)c1. The lowest BCUT2D eigenvalue weighted by molar-refractivity contribution is -0.385. The van der Waals surface area contributed by atoms with Crippen LogP contribution in [-0.4, -0.2) is 40.8 Å². The van der Waals surface area contributed by atoms with E-state index in [2.05, 4.69) is 5.32 Å². The highest BCUT2D eigenvalue weighted by Crippen LogP contribution is 2.21. The number of amides is 2. The molecule has 2 rings (SSSR count). The van der Waals surface area contributed by atoms with Gasteiger partial charge in [-0.2, -0.15) is 0 Å². The molecule has 1 fully saturated rings. The van der Waals surface area contributed by atoms with Gasteiger partial charge in [-0.25, -0.2) is 0 Å². The fraction of sp³-hybridized carbons (Fsp3) is 0.429. The summed E-state index contributed by atoms with van der Waals surface area (Å²) >= 11 is 0. The van der Waals surface area contributed by atoms with Crippen molar-refractivity contribution in [1.82, 2.24) is 10.2 Å². The van der Waals surface area contributed by atoms with Crippen molar-refractivity contribution in [3.63, 3.8) is 0 Å². The Morgan fingerprint density at radius 1 is 1.52 bits per heavy atom. The van der Waals surface area contributed by atoms with Gasteiger partial charge in [0.05, 0.1) is 4.92 Å². The summed E-state index contributed by atoms with van der Waals surface area (Å²) in [6.07, 6.45) is 0.531. The zero-order chi connectivity index (χ0) is 15.6. The minimum absolute atomic E-state index is 0.0185. The smallest absolute Gasteiger partial charge is 0.272 e. The quantitative estimate of drug-likeness (QED) is 0.670. The second kappa shape index (κ2) is 5.90. The number of hydrogen-bond donors (Lipinski definition) is 1. The number of hydrogen-bond acceptors (Lipinski definition) is 4. The first-order chi connectivity index (χ1) is 9.95. The van der Waals surface area contributed by atoms with Crippen LogP contribution in [-0.2, 0) is 4.79 Å². The molecule has 0 radical (unpaired) electrons. The third-order valence-electron chi connectivity index (χ3n) is 3.62. The van der Waals surface area contributed by atoms with E-state index in [-0.39, 0.29) is 17.5 Å². The maximum absolute atomic E-state index is 12.5. The molecule has 7 heteroatoms. The lowest BCUT2D eigenvalue weighted by Crippen LogP contribution is -2.56. The Morgan fingerprint density at radius 3 is 2.81 bits per heavy atom. The normalized spacial score (nSPS) is 18.3. The maximum Gasteiger partial charge on any atom is 0.272 e. The predicted octanol–water partition coefficient (Wildman–Crippen LogP) is 1.25. The molecule has 1 N–H and O–H groups in total. The molecule has 2 amide bonds. The molecule has 0 spiro atoms. The van der Waals surface area contributed by atoms with Crippen LogP contribution in [0.3, 0.4) is 0 Å². The van der Waals surface area contributed by atoms with E-state index < -0.39 is 11.0 Å². The van der Waals surface area contributed by atoms with Crippen molar-refractivity contribution in [2.45, 2.75) is 26.3 Å². The summed E-state index contributed by atoms with van der Waals surface area (Å²) in [4.78, 5) is 36.2. The van der Waals surface area contributed by atoms with E-state index in [0.717, 1.165) is 0 Å². The second-order valence-corrected chi connectivity index (χ2v) is 4.97. The van der Waals surface area contributed by atoms with Crippen molar-refractivity contribution in [2.75, 3.05) is 13.1 Å². The zero-order valence-electron chi connectivity index (χ0n) is 12.0. The van der Waals surface area contributed by atoms with E-state index in [1.807, 2.05) is 6.92 Å². The number of nitro benzene ring substituents is 1. The fourth-order valence-corrected chi connectivity index (χ4v) is 2.52. The molecule has 112 valence electrons. The van der Waals surface area contributed by atoms with Crippen LogP contribution in [0.4, 0.5) is 5.69 Å². The minimum atomic E-state index is -0.484. The van der Waals surface area contributed by atoms with Gasteiger partial charge in [-0.15, -0.1) is 0 Å². The van der Waals surface area contributed by atoms with Gasteiger partial charge < -0.3 is 10.2 Å². The number of carbonyl (C=O) groups is 2. The number of piperazine rings is 1. The standard InChI is InChI=1S/C14H17N3O4/c1-3-11-13(18)15-6-7-16(11)14(19)10-4-5-12(17(20)21)9(2)8-10/h4-5,8,11H,3,6-7H2,1-2H3,(H,15,18). The summed E-state index contributed by atoms with van der Waals surface area (Å²) in [5.74, 6) is -0.426. The lowest BCUT2D eigenvalue weighted by Gasteiger charge is -2.34. The Bertz CT molecular complexity index is 600.